The Labute approximate surface area is 94.4 Å². The predicted octanol–water partition coefficient (Wildman–Crippen LogP) is 2.69. The van der Waals surface area contributed by atoms with Crippen molar-refractivity contribution in [2.45, 2.75) is 16.8 Å². The molecule has 0 bridgehead atoms. The summed E-state index contributed by atoms with van der Waals surface area (Å²) in [7, 11) is 0. The summed E-state index contributed by atoms with van der Waals surface area (Å²) in [5.74, 6) is -2.08. The Hall–Kier alpha value is -1.30. The van der Waals surface area contributed by atoms with Crippen molar-refractivity contribution in [2.24, 2.45) is 0 Å². The number of halogens is 2. The number of hydrogen-bond donors (Lipinski definition) is 1. The van der Waals surface area contributed by atoms with Gasteiger partial charge in [-0.05, 0) is 12.1 Å². The highest BCUT2D eigenvalue weighted by Crippen LogP contribution is 2.39. The monoisotopic (exact) mass is 246 g/mol. The van der Waals surface area contributed by atoms with E-state index in [0.717, 1.165) is 17.8 Å². The second-order valence-corrected chi connectivity index (χ2v) is 4.44. The number of rotatable bonds is 1. The molecule has 1 aromatic carbocycles. The van der Waals surface area contributed by atoms with Crippen LogP contribution in [0.2, 0.25) is 0 Å². The molecule has 86 valence electrons. The Kier molecular flexibility index (Phi) is 3.00. The third-order valence-corrected chi connectivity index (χ3v) is 3.15. The van der Waals surface area contributed by atoms with Crippen LogP contribution in [-0.4, -0.2) is 23.2 Å². The minimum Gasteiger partial charge on any atom is -0.489 e. The molecular weight excluding hydrogens is 238 g/mol. The zero-order valence-corrected chi connectivity index (χ0v) is 8.89. The van der Waals surface area contributed by atoms with Crippen molar-refractivity contribution in [3.05, 3.63) is 23.5 Å². The fourth-order valence-corrected chi connectivity index (χ4v) is 2.32. The first kappa shape index (κ1) is 11.2. The van der Waals surface area contributed by atoms with E-state index in [1.807, 2.05) is 0 Å². The number of alkyl halides is 1. The molecule has 0 amide bonds. The zero-order valence-electron chi connectivity index (χ0n) is 8.07. The van der Waals surface area contributed by atoms with Crippen molar-refractivity contribution < 1.29 is 23.4 Å². The summed E-state index contributed by atoms with van der Waals surface area (Å²) in [4.78, 5) is 10.9. The van der Waals surface area contributed by atoms with Crippen LogP contribution in [0, 0.1) is 5.82 Å². The molecule has 1 aliphatic heterocycles. The molecule has 0 saturated carbocycles. The number of carboxylic acid groups (broad SMARTS) is 1. The number of carbonyl (C=O) groups is 1. The normalized spacial score (nSPS) is 19.5. The summed E-state index contributed by atoms with van der Waals surface area (Å²) in [5, 5.41) is 8.74. The van der Waals surface area contributed by atoms with Crippen LogP contribution in [0.15, 0.2) is 17.0 Å². The van der Waals surface area contributed by atoms with Gasteiger partial charge in [-0.3, -0.25) is 0 Å². The minimum atomic E-state index is -1.25. The van der Waals surface area contributed by atoms with Gasteiger partial charge in [-0.1, -0.05) is 11.8 Å². The van der Waals surface area contributed by atoms with E-state index < -0.39 is 17.3 Å². The maximum atomic E-state index is 13.5. The van der Waals surface area contributed by atoms with Crippen LogP contribution in [0.25, 0.3) is 0 Å². The average molecular weight is 246 g/mol. The lowest BCUT2D eigenvalue weighted by Gasteiger charge is -2.08. The second kappa shape index (κ2) is 4.29. The van der Waals surface area contributed by atoms with Crippen LogP contribution >= 0.6 is 11.8 Å². The highest BCUT2D eigenvalue weighted by molar-refractivity contribution is 7.99. The number of hydrogen-bond acceptors (Lipinski definition) is 3. The summed E-state index contributed by atoms with van der Waals surface area (Å²) in [6.45, 7) is 0.0878. The molecule has 1 heterocycles. The van der Waals surface area contributed by atoms with Gasteiger partial charge in [0.25, 0.3) is 0 Å². The van der Waals surface area contributed by atoms with E-state index in [2.05, 4.69) is 0 Å². The largest absolute Gasteiger partial charge is 0.489 e. The van der Waals surface area contributed by atoms with Crippen molar-refractivity contribution in [2.75, 3.05) is 6.61 Å². The van der Waals surface area contributed by atoms with Crippen LogP contribution in [0.4, 0.5) is 8.78 Å². The average Bonchev–Trinajstić information content (AvgIpc) is 2.38. The Morgan fingerprint density at radius 2 is 2.31 bits per heavy atom. The fraction of sp³-hybridized carbons (Fsp3) is 0.300. The minimum absolute atomic E-state index is 0.0600. The Morgan fingerprint density at radius 3 is 3.00 bits per heavy atom. The van der Waals surface area contributed by atoms with Gasteiger partial charge < -0.3 is 9.84 Å². The van der Waals surface area contributed by atoms with Gasteiger partial charge in [0.15, 0.2) is 17.1 Å². The van der Waals surface area contributed by atoms with Crippen molar-refractivity contribution in [1.82, 2.24) is 0 Å². The molecule has 1 aliphatic rings. The van der Waals surface area contributed by atoms with E-state index in [-0.39, 0.29) is 29.2 Å². The van der Waals surface area contributed by atoms with Crippen LogP contribution in [0.5, 0.6) is 5.75 Å². The Bertz CT molecular complexity index is 436. The maximum Gasteiger partial charge on any atom is 0.335 e. The second-order valence-electron chi connectivity index (χ2n) is 3.26. The molecule has 0 saturated heterocycles. The summed E-state index contributed by atoms with van der Waals surface area (Å²) in [5.41, 5.74) is -1.41. The third-order valence-electron chi connectivity index (χ3n) is 2.10. The summed E-state index contributed by atoms with van der Waals surface area (Å²) in [6, 6.07) is 2.10. The highest BCUT2D eigenvalue weighted by atomic mass is 32.2. The molecule has 0 aliphatic carbocycles. The lowest BCUT2D eigenvalue weighted by Crippen LogP contribution is -2.02. The smallest absolute Gasteiger partial charge is 0.335 e. The zero-order chi connectivity index (χ0) is 11.7. The number of ether oxygens (including phenoxy) is 1. The molecule has 2 rings (SSSR count). The first-order chi connectivity index (χ1) is 7.58. The van der Waals surface area contributed by atoms with Gasteiger partial charge in [-0.2, -0.15) is 0 Å². The van der Waals surface area contributed by atoms with Crippen molar-refractivity contribution >= 4 is 17.7 Å². The Balaban J connectivity index is 2.48. The van der Waals surface area contributed by atoms with Crippen molar-refractivity contribution in [1.29, 1.82) is 0 Å². The van der Waals surface area contributed by atoms with E-state index in [0.29, 0.717) is 0 Å². The predicted molar refractivity (Wildman–Crippen MR) is 54.2 cm³/mol. The fourth-order valence-electron chi connectivity index (χ4n) is 1.37. The molecule has 6 heteroatoms. The molecule has 1 aromatic rings. The maximum absolute atomic E-state index is 13.5. The van der Waals surface area contributed by atoms with Crippen LogP contribution in [0.1, 0.15) is 16.8 Å². The number of benzene rings is 1. The Morgan fingerprint density at radius 1 is 1.56 bits per heavy atom. The molecule has 1 atom stereocenters. The summed E-state index contributed by atoms with van der Waals surface area (Å²) in [6.07, 6.45) is 0.154. The number of thioether (sulfide) groups is 1. The van der Waals surface area contributed by atoms with Gasteiger partial charge in [0.05, 0.1) is 17.1 Å². The standard InChI is InChI=1S/C10H8F2O3S/c11-6-3-5(10(13)14)4-7-9(6)15-2-1-8(12)16-7/h3-4,8H,1-2H2,(H,13,14). The topological polar surface area (TPSA) is 46.5 Å². The van der Waals surface area contributed by atoms with Crippen LogP contribution in [0.3, 0.4) is 0 Å². The molecule has 0 spiro atoms. The van der Waals surface area contributed by atoms with Crippen LogP contribution in [-0.2, 0) is 0 Å². The van der Waals surface area contributed by atoms with Gasteiger partial charge in [0.2, 0.25) is 0 Å². The van der Waals surface area contributed by atoms with Crippen molar-refractivity contribution in [3.63, 3.8) is 0 Å². The molecule has 1 unspecified atom stereocenters. The lowest BCUT2D eigenvalue weighted by molar-refractivity contribution is 0.0696. The highest BCUT2D eigenvalue weighted by Gasteiger charge is 2.22. The van der Waals surface area contributed by atoms with Gasteiger partial charge in [0, 0.05) is 6.42 Å². The third kappa shape index (κ3) is 2.11. The number of fused-ring (bicyclic) bond motifs is 1. The summed E-state index contributed by atoms with van der Waals surface area (Å²) < 4.78 is 31.7. The molecular formula is C10H8F2O3S. The first-order valence-electron chi connectivity index (χ1n) is 4.58. The molecule has 1 N–H and O–H groups in total. The van der Waals surface area contributed by atoms with E-state index in [4.69, 9.17) is 9.84 Å². The van der Waals surface area contributed by atoms with E-state index in [1.165, 1.54) is 6.07 Å². The van der Waals surface area contributed by atoms with Gasteiger partial charge in [0.1, 0.15) is 0 Å². The molecule has 0 fully saturated rings. The lowest BCUT2D eigenvalue weighted by atomic mass is 10.2. The van der Waals surface area contributed by atoms with Gasteiger partial charge >= 0.3 is 5.97 Å². The first-order valence-corrected chi connectivity index (χ1v) is 5.46. The number of carboxylic acids is 1. The van der Waals surface area contributed by atoms with Crippen LogP contribution < -0.4 is 4.74 Å². The van der Waals surface area contributed by atoms with E-state index in [1.54, 1.807) is 0 Å². The SMILES string of the molecule is O=C(O)c1cc(F)c2c(c1)SC(F)CCO2. The van der Waals surface area contributed by atoms with E-state index >= 15 is 0 Å². The molecule has 0 radical (unpaired) electrons. The van der Waals surface area contributed by atoms with Gasteiger partial charge in [-0.15, -0.1) is 0 Å². The molecule has 16 heavy (non-hydrogen) atoms. The van der Waals surface area contributed by atoms with Crippen molar-refractivity contribution in [3.8, 4) is 5.75 Å². The number of aromatic carboxylic acids is 1. The molecule has 3 nitrogen and oxygen atoms in total. The van der Waals surface area contributed by atoms with Gasteiger partial charge in [-0.25, -0.2) is 13.6 Å². The summed E-state index contributed by atoms with van der Waals surface area (Å²) >= 11 is 0.783. The van der Waals surface area contributed by atoms with E-state index in [9.17, 15) is 13.6 Å². The molecule has 0 aromatic heterocycles. The quantitative estimate of drug-likeness (QED) is 0.827.